The number of rotatable bonds is 9. The van der Waals surface area contributed by atoms with E-state index in [2.05, 4.69) is 27.8 Å². The Morgan fingerprint density at radius 2 is 1.82 bits per heavy atom. The third-order valence-electron chi connectivity index (χ3n) is 6.66. The van der Waals surface area contributed by atoms with E-state index in [1.54, 1.807) is 18.5 Å². The van der Waals surface area contributed by atoms with Crippen molar-refractivity contribution in [1.82, 2.24) is 20.2 Å². The van der Waals surface area contributed by atoms with E-state index in [9.17, 15) is 4.79 Å². The van der Waals surface area contributed by atoms with Crippen LogP contribution in [-0.4, -0.2) is 34.9 Å². The van der Waals surface area contributed by atoms with Crippen molar-refractivity contribution < 1.29 is 9.53 Å². The maximum Gasteiger partial charge on any atom is 0.252 e. The van der Waals surface area contributed by atoms with Gasteiger partial charge >= 0.3 is 0 Å². The van der Waals surface area contributed by atoms with Gasteiger partial charge in [-0.2, -0.15) is 0 Å². The van der Waals surface area contributed by atoms with E-state index >= 15 is 0 Å². The van der Waals surface area contributed by atoms with Gasteiger partial charge in [-0.3, -0.25) is 9.78 Å². The van der Waals surface area contributed by atoms with Gasteiger partial charge in [-0.25, -0.2) is 4.98 Å². The number of pyridine rings is 2. The molecule has 0 bridgehead atoms. The van der Waals surface area contributed by atoms with Gasteiger partial charge in [-0.05, 0) is 55.7 Å². The van der Waals surface area contributed by atoms with E-state index in [-0.39, 0.29) is 19.1 Å². The van der Waals surface area contributed by atoms with Crippen LogP contribution >= 0.6 is 0 Å². The lowest BCUT2D eigenvalue weighted by molar-refractivity contribution is 0.0949. The molecular formula is C32H35N5O2. The van der Waals surface area contributed by atoms with Gasteiger partial charge in [0.2, 0.25) is 0 Å². The van der Waals surface area contributed by atoms with Gasteiger partial charge < -0.3 is 20.7 Å². The van der Waals surface area contributed by atoms with Crippen molar-refractivity contribution >= 4 is 28.2 Å². The summed E-state index contributed by atoms with van der Waals surface area (Å²) in [6.45, 7) is 10.2. The molecule has 0 saturated carbocycles. The number of para-hydroxylation sites is 1. The molecule has 2 heterocycles. The number of amides is 1. The fourth-order valence-electron chi connectivity index (χ4n) is 4.73. The number of aromatic nitrogens is 2. The summed E-state index contributed by atoms with van der Waals surface area (Å²) in [4.78, 5) is 24.1. The Kier molecular flexibility index (Phi) is 8.30. The molecule has 2 aromatic heterocycles. The maximum atomic E-state index is 13.0. The van der Waals surface area contributed by atoms with Gasteiger partial charge in [-0.15, -0.1) is 0 Å². The average Bonchev–Trinajstić information content (AvgIpc) is 2.89. The first-order valence-electron chi connectivity index (χ1n) is 12.8. The second-order valence-electron chi connectivity index (χ2n) is 9.75. The predicted octanol–water partition coefficient (Wildman–Crippen LogP) is 5.73. The number of benzene rings is 2. The van der Waals surface area contributed by atoms with E-state index in [0.717, 1.165) is 50.1 Å². The molecule has 1 amide bonds. The van der Waals surface area contributed by atoms with Crippen LogP contribution < -0.4 is 15.8 Å². The van der Waals surface area contributed by atoms with Crippen LogP contribution in [0.1, 0.15) is 43.9 Å². The van der Waals surface area contributed by atoms with Crippen LogP contribution in [0.25, 0.3) is 16.6 Å². The summed E-state index contributed by atoms with van der Waals surface area (Å²) in [5, 5.41) is 4.00. The average molecular weight is 522 g/mol. The first-order valence-corrected chi connectivity index (χ1v) is 12.8. The Balaban J connectivity index is 1.62. The summed E-state index contributed by atoms with van der Waals surface area (Å²) in [6.07, 6.45) is 7.08. The number of nitrogen functional groups attached to an aromatic ring is 1. The zero-order valence-corrected chi connectivity index (χ0v) is 23.2. The summed E-state index contributed by atoms with van der Waals surface area (Å²) >= 11 is 0. The third-order valence-corrected chi connectivity index (χ3v) is 6.66. The lowest BCUT2D eigenvalue weighted by Gasteiger charge is -2.20. The molecule has 4 aromatic rings. The second kappa shape index (κ2) is 11.8. The van der Waals surface area contributed by atoms with E-state index < -0.39 is 0 Å². The smallest absolute Gasteiger partial charge is 0.252 e. The van der Waals surface area contributed by atoms with Gasteiger partial charge in [0.15, 0.2) is 0 Å². The molecule has 0 aliphatic carbocycles. The standard InChI is InChI=1S/C32H35N5O2/c1-7-10-28(37(5)6)25-15-22(4)36-31-24(25)13-9-14-29(31)39-19-26-23(16-34-18-27(26)33)17-35-32(38)30-20(2)11-8-12-21(30)3/h7-16,18H,1,17,19,33H2,2-6H3,(H,35,38)/b28-10-. The van der Waals surface area contributed by atoms with Crippen LogP contribution in [0.4, 0.5) is 5.69 Å². The first kappa shape index (κ1) is 27.4. The van der Waals surface area contributed by atoms with E-state index in [1.807, 2.05) is 77.3 Å². The number of carbonyl (C=O) groups is 1. The number of nitrogens with zero attached hydrogens (tertiary/aromatic N) is 3. The first-order chi connectivity index (χ1) is 18.7. The van der Waals surface area contributed by atoms with Crippen molar-refractivity contribution in [2.75, 3.05) is 19.8 Å². The Bertz CT molecular complexity index is 1550. The van der Waals surface area contributed by atoms with E-state index in [0.29, 0.717) is 17.0 Å². The molecule has 0 fully saturated rings. The van der Waals surface area contributed by atoms with Crippen LogP contribution in [0.15, 0.2) is 73.6 Å². The molecule has 39 heavy (non-hydrogen) atoms. The van der Waals surface area contributed by atoms with Gasteiger partial charge in [0.1, 0.15) is 17.9 Å². The summed E-state index contributed by atoms with van der Waals surface area (Å²) in [6, 6.07) is 13.8. The summed E-state index contributed by atoms with van der Waals surface area (Å²) in [5.74, 6) is 0.515. The number of allylic oxidation sites excluding steroid dienone is 2. The summed E-state index contributed by atoms with van der Waals surface area (Å²) in [7, 11) is 4.01. The highest BCUT2D eigenvalue weighted by Gasteiger charge is 2.16. The molecule has 0 saturated heterocycles. The number of carbonyl (C=O) groups excluding carboxylic acids is 1. The van der Waals surface area contributed by atoms with E-state index in [4.69, 9.17) is 15.5 Å². The molecule has 7 heteroatoms. The molecule has 0 aliphatic rings. The molecule has 2 aromatic carbocycles. The highest BCUT2D eigenvalue weighted by molar-refractivity contribution is 5.97. The van der Waals surface area contributed by atoms with Crippen molar-refractivity contribution in [2.24, 2.45) is 0 Å². The molecule has 7 nitrogen and oxygen atoms in total. The number of hydrogen-bond donors (Lipinski definition) is 2. The van der Waals surface area contributed by atoms with Gasteiger partial charge in [-0.1, -0.05) is 43.0 Å². The lowest BCUT2D eigenvalue weighted by atomic mass is 10.0. The molecule has 0 aliphatic heterocycles. The van der Waals surface area contributed by atoms with Crippen LogP contribution in [0.2, 0.25) is 0 Å². The number of nitrogens with two attached hydrogens (primary N) is 1. The normalized spacial score (nSPS) is 11.4. The van der Waals surface area contributed by atoms with Gasteiger partial charge in [0.25, 0.3) is 5.91 Å². The summed E-state index contributed by atoms with van der Waals surface area (Å²) < 4.78 is 6.33. The SMILES string of the molecule is C=C/C=C(/c1cc(C)nc2c(OCc3c(N)cncc3CNC(=O)c3c(C)cccc3C)cccc12)N(C)C. The monoisotopic (exact) mass is 521 g/mol. The Morgan fingerprint density at radius 1 is 1.10 bits per heavy atom. The lowest BCUT2D eigenvalue weighted by Crippen LogP contribution is -2.25. The topological polar surface area (TPSA) is 93.4 Å². The Hall–Kier alpha value is -4.65. The number of aryl methyl sites for hydroxylation is 3. The Morgan fingerprint density at radius 3 is 2.51 bits per heavy atom. The molecule has 0 unspecified atom stereocenters. The third kappa shape index (κ3) is 5.93. The minimum atomic E-state index is -0.134. The van der Waals surface area contributed by atoms with Crippen LogP contribution in [0.5, 0.6) is 5.75 Å². The fraction of sp³-hybridized carbons (Fsp3) is 0.219. The Labute approximate surface area is 230 Å². The zero-order valence-electron chi connectivity index (χ0n) is 23.2. The fourth-order valence-corrected chi connectivity index (χ4v) is 4.73. The maximum absolute atomic E-state index is 13.0. The van der Waals surface area contributed by atoms with Crippen molar-refractivity contribution in [1.29, 1.82) is 0 Å². The minimum Gasteiger partial charge on any atom is -0.487 e. The molecule has 3 N–H and O–H groups in total. The minimum absolute atomic E-state index is 0.134. The number of nitrogens with one attached hydrogen (secondary N) is 1. The van der Waals surface area contributed by atoms with Crippen LogP contribution in [0, 0.1) is 20.8 Å². The highest BCUT2D eigenvalue weighted by atomic mass is 16.5. The van der Waals surface area contributed by atoms with Crippen molar-refractivity contribution in [2.45, 2.75) is 33.9 Å². The van der Waals surface area contributed by atoms with Crippen molar-refractivity contribution in [3.05, 3.63) is 113 Å². The van der Waals surface area contributed by atoms with Crippen molar-refractivity contribution in [3.8, 4) is 5.75 Å². The summed E-state index contributed by atoms with van der Waals surface area (Å²) in [5.41, 5.74) is 14.7. The second-order valence-corrected chi connectivity index (χ2v) is 9.75. The van der Waals surface area contributed by atoms with Crippen LogP contribution in [0.3, 0.4) is 0 Å². The molecule has 0 spiro atoms. The molecule has 200 valence electrons. The molecule has 0 radical (unpaired) electrons. The number of ether oxygens (including phenoxy) is 1. The van der Waals surface area contributed by atoms with Gasteiger partial charge in [0, 0.05) is 60.3 Å². The van der Waals surface area contributed by atoms with E-state index in [1.165, 1.54) is 0 Å². The molecule has 0 atom stereocenters. The van der Waals surface area contributed by atoms with Crippen LogP contribution in [-0.2, 0) is 13.2 Å². The predicted molar refractivity (Wildman–Crippen MR) is 158 cm³/mol. The van der Waals surface area contributed by atoms with Crippen molar-refractivity contribution in [3.63, 3.8) is 0 Å². The number of hydrogen-bond acceptors (Lipinski definition) is 6. The zero-order chi connectivity index (χ0) is 28.1. The number of fused-ring (bicyclic) bond motifs is 1. The highest BCUT2D eigenvalue weighted by Crippen LogP contribution is 2.32. The number of anilines is 1. The molecule has 4 rings (SSSR count). The largest absolute Gasteiger partial charge is 0.487 e. The quantitative estimate of drug-likeness (QED) is 0.273. The van der Waals surface area contributed by atoms with Gasteiger partial charge in [0.05, 0.1) is 11.9 Å². The molecular weight excluding hydrogens is 486 g/mol.